The van der Waals surface area contributed by atoms with Gasteiger partial charge in [-0.1, -0.05) is 0 Å². The molecule has 0 aliphatic carbocycles. The van der Waals surface area contributed by atoms with Crippen LogP contribution in [0.25, 0.3) is 11.0 Å². The number of benzene rings is 1. The van der Waals surface area contributed by atoms with E-state index in [-0.39, 0.29) is 11.6 Å². The van der Waals surface area contributed by atoms with Crippen LogP contribution in [-0.4, -0.2) is 22.7 Å². The Labute approximate surface area is 116 Å². The van der Waals surface area contributed by atoms with Crippen LogP contribution >= 0.6 is 0 Å². The van der Waals surface area contributed by atoms with Crippen LogP contribution in [0.5, 0.6) is 0 Å². The van der Waals surface area contributed by atoms with Crippen molar-refractivity contribution in [1.82, 2.24) is 5.32 Å². The van der Waals surface area contributed by atoms with Crippen molar-refractivity contribution in [3.8, 4) is 0 Å². The zero-order chi connectivity index (χ0) is 15.1. The highest BCUT2D eigenvalue weighted by molar-refractivity contribution is 5.99. The zero-order valence-electron chi connectivity index (χ0n) is 12.0. The number of rotatable bonds is 3. The molecule has 0 bridgehead atoms. The first kappa shape index (κ1) is 14.5. The first-order valence-corrected chi connectivity index (χ1v) is 6.41. The summed E-state index contributed by atoms with van der Waals surface area (Å²) in [5, 5.41) is 12.9. The van der Waals surface area contributed by atoms with Crippen molar-refractivity contribution >= 4 is 16.9 Å². The molecule has 1 aromatic carbocycles. The summed E-state index contributed by atoms with van der Waals surface area (Å²) >= 11 is 0. The second kappa shape index (κ2) is 4.90. The zero-order valence-corrected chi connectivity index (χ0v) is 12.0. The van der Waals surface area contributed by atoms with E-state index in [0.717, 1.165) is 0 Å². The first-order chi connectivity index (χ1) is 9.22. The fourth-order valence-electron chi connectivity index (χ4n) is 1.86. The molecule has 0 spiro atoms. The van der Waals surface area contributed by atoms with Crippen molar-refractivity contribution in [3.05, 3.63) is 35.3 Å². The van der Waals surface area contributed by atoms with Gasteiger partial charge in [0.15, 0.2) is 5.76 Å². The second-order valence-electron chi connectivity index (χ2n) is 5.55. The molecule has 2 N–H and O–H groups in total. The van der Waals surface area contributed by atoms with Crippen molar-refractivity contribution in [2.24, 2.45) is 0 Å². The molecule has 0 aliphatic rings. The van der Waals surface area contributed by atoms with Gasteiger partial charge in [-0.3, -0.25) is 4.79 Å². The quantitative estimate of drug-likeness (QED) is 0.908. The third kappa shape index (κ3) is 2.54. The van der Waals surface area contributed by atoms with Crippen molar-refractivity contribution in [2.75, 3.05) is 0 Å². The highest BCUT2D eigenvalue weighted by Gasteiger charge is 2.29. The molecule has 0 saturated heterocycles. The minimum atomic E-state index is -0.784. The number of hydrogen-bond donors (Lipinski definition) is 2. The number of aliphatic hydroxyl groups is 1. The number of furan rings is 1. The van der Waals surface area contributed by atoms with E-state index in [1.165, 1.54) is 18.2 Å². The molecule has 0 radical (unpaired) electrons. The van der Waals surface area contributed by atoms with E-state index in [1.807, 2.05) is 0 Å². The Morgan fingerprint density at radius 3 is 2.70 bits per heavy atom. The van der Waals surface area contributed by atoms with Gasteiger partial charge in [0.1, 0.15) is 11.4 Å². The molecule has 0 aliphatic heterocycles. The van der Waals surface area contributed by atoms with Crippen LogP contribution < -0.4 is 5.32 Å². The maximum Gasteiger partial charge on any atom is 0.287 e. The average Bonchev–Trinajstić information content (AvgIpc) is 2.66. The fourth-order valence-corrected chi connectivity index (χ4v) is 1.86. The number of aryl methyl sites for hydroxylation is 1. The molecule has 2 rings (SSSR count). The van der Waals surface area contributed by atoms with Gasteiger partial charge in [-0.2, -0.15) is 0 Å². The highest BCUT2D eigenvalue weighted by atomic mass is 19.1. The number of aliphatic hydroxyl groups excluding tert-OH is 1. The fraction of sp³-hybridized carbons (Fsp3) is 0.400. The third-order valence-electron chi connectivity index (χ3n) is 3.58. The standard InChI is InChI=1S/C15H18FNO3/c1-8-11-7-10(16)5-6-12(11)20-13(8)14(19)17-15(3,4)9(2)18/h5-7,9,18H,1-4H3,(H,17,19). The Balaban J connectivity index is 2.38. The van der Waals surface area contributed by atoms with Crippen LogP contribution in [0.15, 0.2) is 22.6 Å². The van der Waals surface area contributed by atoms with Crippen LogP contribution in [0.2, 0.25) is 0 Å². The number of hydrogen-bond acceptors (Lipinski definition) is 3. The SMILES string of the molecule is Cc1c(C(=O)NC(C)(C)C(C)O)oc2ccc(F)cc12. The number of carbonyl (C=O) groups excluding carboxylic acids is 1. The summed E-state index contributed by atoms with van der Waals surface area (Å²) in [6.07, 6.45) is -0.714. The lowest BCUT2D eigenvalue weighted by Crippen LogP contribution is -2.51. The Kier molecular flexibility index (Phi) is 3.56. The van der Waals surface area contributed by atoms with E-state index in [9.17, 15) is 14.3 Å². The van der Waals surface area contributed by atoms with E-state index in [0.29, 0.717) is 16.5 Å². The smallest absolute Gasteiger partial charge is 0.287 e. The molecule has 1 unspecified atom stereocenters. The van der Waals surface area contributed by atoms with Gasteiger partial charge in [0, 0.05) is 10.9 Å². The number of amides is 1. The summed E-state index contributed by atoms with van der Waals surface area (Å²) in [5.41, 5.74) is 0.260. The molecule has 0 saturated carbocycles. The third-order valence-corrected chi connectivity index (χ3v) is 3.58. The van der Waals surface area contributed by atoms with E-state index >= 15 is 0 Å². The van der Waals surface area contributed by atoms with Crippen LogP contribution in [0.4, 0.5) is 4.39 Å². The van der Waals surface area contributed by atoms with Crippen LogP contribution in [0.3, 0.4) is 0 Å². The van der Waals surface area contributed by atoms with Crippen molar-refractivity contribution in [1.29, 1.82) is 0 Å². The summed E-state index contributed by atoms with van der Waals surface area (Å²) < 4.78 is 18.7. The maximum atomic E-state index is 13.2. The summed E-state index contributed by atoms with van der Waals surface area (Å²) in [6.45, 7) is 6.73. The monoisotopic (exact) mass is 279 g/mol. The van der Waals surface area contributed by atoms with Crippen molar-refractivity contribution in [3.63, 3.8) is 0 Å². The lowest BCUT2D eigenvalue weighted by atomic mass is 9.98. The van der Waals surface area contributed by atoms with Crippen molar-refractivity contribution < 1.29 is 18.7 Å². The van der Waals surface area contributed by atoms with E-state index in [2.05, 4.69) is 5.32 Å². The predicted octanol–water partition coefficient (Wildman–Crippen LogP) is 2.77. The Bertz CT molecular complexity index is 658. The number of halogens is 1. The minimum Gasteiger partial charge on any atom is -0.451 e. The lowest BCUT2D eigenvalue weighted by Gasteiger charge is -2.28. The topological polar surface area (TPSA) is 62.5 Å². The number of fused-ring (bicyclic) bond motifs is 1. The average molecular weight is 279 g/mol. The molecule has 1 atom stereocenters. The van der Waals surface area contributed by atoms with Gasteiger partial charge in [0.05, 0.1) is 11.6 Å². The predicted molar refractivity (Wildman–Crippen MR) is 74.1 cm³/mol. The molecule has 4 nitrogen and oxygen atoms in total. The second-order valence-corrected chi connectivity index (χ2v) is 5.55. The van der Waals surface area contributed by atoms with Crippen LogP contribution in [0.1, 0.15) is 36.9 Å². The van der Waals surface area contributed by atoms with Gasteiger partial charge >= 0.3 is 0 Å². The van der Waals surface area contributed by atoms with E-state index < -0.39 is 17.6 Å². The molecule has 1 heterocycles. The molecule has 1 aromatic heterocycles. The lowest BCUT2D eigenvalue weighted by molar-refractivity contribution is 0.0688. The summed E-state index contributed by atoms with van der Waals surface area (Å²) in [6, 6.07) is 4.12. The normalized spacial score (nSPS) is 13.5. The Morgan fingerprint density at radius 2 is 2.10 bits per heavy atom. The van der Waals surface area contributed by atoms with Crippen LogP contribution in [-0.2, 0) is 0 Å². The van der Waals surface area contributed by atoms with Gasteiger partial charge < -0.3 is 14.8 Å². The molecular formula is C15H18FNO3. The number of nitrogens with one attached hydrogen (secondary N) is 1. The van der Waals surface area contributed by atoms with Gasteiger partial charge in [0.2, 0.25) is 0 Å². The molecule has 20 heavy (non-hydrogen) atoms. The summed E-state index contributed by atoms with van der Waals surface area (Å²) in [7, 11) is 0. The van der Waals surface area contributed by atoms with Gasteiger partial charge in [-0.25, -0.2) is 4.39 Å². The van der Waals surface area contributed by atoms with E-state index in [4.69, 9.17) is 4.42 Å². The first-order valence-electron chi connectivity index (χ1n) is 6.41. The molecule has 108 valence electrons. The molecule has 5 heteroatoms. The van der Waals surface area contributed by atoms with Crippen LogP contribution in [0, 0.1) is 12.7 Å². The Hall–Kier alpha value is -1.88. The molecule has 1 amide bonds. The highest BCUT2D eigenvalue weighted by Crippen LogP contribution is 2.26. The maximum absolute atomic E-state index is 13.2. The van der Waals surface area contributed by atoms with Gasteiger partial charge in [0.25, 0.3) is 5.91 Å². The van der Waals surface area contributed by atoms with Crippen molar-refractivity contribution in [2.45, 2.75) is 39.3 Å². The molecule has 0 fully saturated rings. The molecular weight excluding hydrogens is 261 g/mol. The summed E-state index contributed by atoms with van der Waals surface area (Å²) in [4.78, 5) is 12.2. The minimum absolute atomic E-state index is 0.138. The van der Waals surface area contributed by atoms with E-state index in [1.54, 1.807) is 27.7 Å². The molecule has 2 aromatic rings. The Morgan fingerprint density at radius 1 is 1.45 bits per heavy atom. The summed E-state index contributed by atoms with van der Waals surface area (Å²) in [5.74, 6) is -0.665. The largest absolute Gasteiger partial charge is 0.451 e. The van der Waals surface area contributed by atoms with Gasteiger partial charge in [-0.05, 0) is 45.9 Å². The van der Waals surface area contributed by atoms with Gasteiger partial charge in [-0.15, -0.1) is 0 Å². The number of carbonyl (C=O) groups is 1.